The Bertz CT molecular complexity index is 1250. The lowest BCUT2D eigenvalue weighted by Crippen LogP contribution is -2.35. The largest absolute Gasteiger partial charge is 0.443 e. The highest BCUT2D eigenvalue weighted by Gasteiger charge is 2.27. The Morgan fingerprint density at radius 2 is 1.91 bits per heavy atom. The van der Waals surface area contributed by atoms with E-state index in [0.717, 1.165) is 4.57 Å². The van der Waals surface area contributed by atoms with Gasteiger partial charge in [0.2, 0.25) is 5.78 Å². The van der Waals surface area contributed by atoms with Gasteiger partial charge < -0.3 is 4.74 Å². The number of ketones is 1. The second kappa shape index (κ2) is 9.67. The van der Waals surface area contributed by atoms with E-state index in [1.165, 1.54) is 35.7 Å². The number of nitrogens with zero attached hydrogens (tertiary/aromatic N) is 2. The first-order valence-electron chi connectivity index (χ1n) is 10.9. The van der Waals surface area contributed by atoms with Crippen LogP contribution in [0.3, 0.4) is 0 Å². The molecule has 1 aromatic carbocycles. The van der Waals surface area contributed by atoms with E-state index in [9.17, 15) is 18.2 Å². The van der Waals surface area contributed by atoms with Crippen LogP contribution < -0.4 is 4.72 Å². The Morgan fingerprint density at radius 1 is 1.24 bits per heavy atom. The van der Waals surface area contributed by atoms with Crippen molar-refractivity contribution in [2.45, 2.75) is 71.3 Å². The predicted molar refractivity (Wildman–Crippen MR) is 133 cm³/mol. The van der Waals surface area contributed by atoms with Gasteiger partial charge in [0.05, 0.1) is 38.5 Å². The molecule has 2 heterocycles. The van der Waals surface area contributed by atoms with Crippen molar-refractivity contribution in [2.24, 2.45) is 0 Å². The van der Waals surface area contributed by atoms with Crippen LogP contribution in [0.25, 0.3) is 10.9 Å². The van der Waals surface area contributed by atoms with Gasteiger partial charge in [-0.2, -0.15) is 0 Å². The molecule has 0 bridgehead atoms. The third-order valence-electron chi connectivity index (χ3n) is 4.89. The molecule has 184 valence electrons. The Labute approximate surface area is 205 Å². The minimum absolute atomic E-state index is 0.223. The average Bonchev–Trinajstić information content (AvgIpc) is 3.34. The molecule has 2 atom stereocenters. The van der Waals surface area contributed by atoms with Crippen molar-refractivity contribution >= 4 is 45.1 Å². The maximum atomic E-state index is 14.0. The number of carbonyl (C=O) groups is 2. The third kappa shape index (κ3) is 5.79. The number of benzene rings is 1. The number of rotatable bonds is 6. The van der Waals surface area contributed by atoms with E-state index in [4.69, 9.17) is 4.74 Å². The monoisotopic (exact) mass is 507 g/mol. The topological polar surface area (TPSA) is 90.3 Å². The van der Waals surface area contributed by atoms with Gasteiger partial charge in [0.1, 0.15) is 11.4 Å². The second-order valence-electron chi connectivity index (χ2n) is 9.92. The summed E-state index contributed by atoms with van der Waals surface area (Å²) < 4.78 is 35.7. The van der Waals surface area contributed by atoms with Crippen LogP contribution in [-0.2, 0) is 15.7 Å². The molecule has 0 aliphatic carbocycles. The molecule has 0 radical (unpaired) electrons. The fourth-order valence-electron chi connectivity index (χ4n) is 3.17. The standard InChI is InChI=1S/C24H30FN3O4S2/c1-8-17(27-34(31)24(5,6)7)18-13-33-21(26-18)20(29)16-12-28(22(30)32-23(2,3)4)19-11-14(25)9-10-15(16)19/h9-13,17,27H,8H2,1-7H3. The molecule has 2 unspecified atom stereocenters. The van der Waals surface area contributed by atoms with Crippen LogP contribution in [0.5, 0.6) is 0 Å². The molecule has 7 nitrogen and oxygen atoms in total. The third-order valence-corrected chi connectivity index (χ3v) is 7.36. The zero-order valence-corrected chi connectivity index (χ0v) is 22.0. The van der Waals surface area contributed by atoms with Crippen LogP contribution in [-0.4, -0.2) is 36.0 Å². The molecule has 34 heavy (non-hydrogen) atoms. The molecule has 2 aromatic heterocycles. The van der Waals surface area contributed by atoms with Gasteiger partial charge >= 0.3 is 6.09 Å². The normalized spacial score (nSPS) is 14.2. The fourth-order valence-corrected chi connectivity index (χ4v) is 4.89. The van der Waals surface area contributed by atoms with Crippen LogP contribution in [0.4, 0.5) is 9.18 Å². The van der Waals surface area contributed by atoms with Gasteiger partial charge in [-0.15, -0.1) is 11.3 Å². The van der Waals surface area contributed by atoms with Crippen molar-refractivity contribution in [3.8, 4) is 0 Å². The summed E-state index contributed by atoms with van der Waals surface area (Å²) in [5, 5.41) is 2.42. The van der Waals surface area contributed by atoms with Gasteiger partial charge in [-0.1, -0.05) is 6.92 Å². The predicted octanol–water partition coefficient (Wildman–Crippen LogP) is 5.75. The Hall–Kier alpha value is -2.43. The number of thiazole rings is 1. The Morgan fingerprint density at radius 3 is 2.50 bits per heavy atom. The number of ether oxygens (including phenoxy) is 1. The summed E-state index contributed by atoms with van der Waals surface area (Å²) in [4.78, 5) is 30.6. The van der Waals surface area contributed by atoms with E-state index in [0.29, 0.717) is 17.5 Å². The van der Waals surface area contributed by atoms with Gasteiger partial charge in [0, 0.05) is 17.0 Å². The molecule has 10 heteroatoms. The Kier molecular flexibility index (Phi) is 7.45. The summed E-state index contributed by atoms with van der Waals surface area (Å²) in [6.07, 6.45) is 1.30. The highest BCUT2D eigenvalue weighted by Crippen LogP contribution is 2.28. The molecule has 0 aliphatic rings. The summed E-state index contributed by atoms with van der Waals surface area (Å²) >= 11 is 1.17. The van der Waals surface area contributed by atoms with Gasteiger partial charge in [-0.25, -0.2) is 23.1 Å². The molecule has 0 amide bonds. The number of halogens is 1. The lowest BCUT2D eigenvalue weighted by molar-refractivity contribution is 0.0544. The van der Waals surface area contributed by atoms with Gasteiger partial charge in [-0.05, 0) is 66.2 Å². The number of hydrogen-bond donors (Lipinski definition) is 1. The molecule has 0 spiro atoms. The summed E-state index contributed by atoms with van der Waals surface area (Å²) in [6, 6.07) is 3.62. The molecule has 1 N–H and O–H groups in total. The average molecular weight is 508 g/mol. The zero-order chi connectivity index (χ0) is 25.4. The highest BCUT2D eigenvalue weighted by molar-refractivity contribution is 7.84. The summed E-state index contributed by atoms with van der Waals surface area (Å²) in [6.45, 7) is 12.8. The van der Waals surface area contributed by atoms with Gasteiger partial charge in [0.25, 0.3) is 0 Å². The van der Waals surface area contributed by atoms with E-state index in [-0.39, 0.29) is 27.9 Å². The summed E-state index contributed by atoms with van der Waals surface area (Å²) in [7, 11) is -1.30. The number of carbonyl (C=O) groups excluding carboxylic acids is 2. The fraction of sp³-hybridized carbons (Fsp3) is 0.458. The van der Waals surface area contributed by atoms with E-state index in [1.807, 2.05) is 27.7 Å². The molecular weight excluding hydrogens is 477 g/mol. The van der Waals surface area contributed by atoms with Crippen molar-refractivity contribution in [3.05, 3.63) is 51.9 Å². The number of hydrogen-bond acceptors (Lipinski definition) is 6. The van der Waals surface area contributed by atoms with Crippen molar-refractivity contribution in [1.29, 1.82) is 0 Å². The van der Waals surface area contributed by atoms with E-state index < -0.39 is 33.2 Å². The van der Waals surface area contributed by atoms with Crippen molar-refractivity contribution < 1.29 is 22.9 Å². The first-order valence-corrected chi connectivity index (χ1v) is 13.0. The van der Waals surface area contributed by atoms with Crippen LogP contribution in [0.15, 0.2) is 29.8 Å². The minimum Gasteiger partial charge on any atom is -0.443 e. The lowest BCUT2D eigenvalue weighted by atomic mass is 10.1. The van der Waals surface area contributed by atoms with Gasteiger partial charge in [0.15, 0.2) is 5.01 Å². The lowest BCUT2D eigenvalue weighted by Gasteiger charge is -2.22. The van der Waals surface area contributed by atoms with Crippen molar-refractivity contribution in [1.82, 2.24) is 14.3 Å². The van der Waals surface area contributed by atoms with E-state index >= 15 is 0 Å². The molecule has 3 aromatic rings. The molecule has 0 saturated carbocycles. The quantitative estimate of drug-likeness (QED) is 0.429. The highest BCUT2D eigenvalue weighted by atomic mass is 32.2. The number of nitrogens with one attached hydrogen (secondary N) is 1. The van der Waals surface area contributed by atoms with Crippen molar-refractivity contribution in [2.75, 3.05) is 0 Å². The maximum absolute atomic E-state index is 14.0. The van der Waals surface area contributed by atoms with E-state index in [2.05, 4.69) is 9.71 Å². The molecule has 0 saturated heterocycles. The number of aromatic nitrogens is 2. The maximum Gasteiger partial charge on any atom is 0.419 e. The molecule has 0 aliphatic heterocycles. The molecular formula is C24H30FN3O4S2. The Balaban J connectivity index is 1.97. The summed E-state index contributed by atoms with van der Waals surface area (Å²) in [5.41, 5.74) is 0.324. The second-order valence-corrected chi connectivity index (χ2v) is 12.8. The van der Waals surface area contributed by atoms with Crippen LogP contribution in [0.1, 0.15) is 82.0 Å². The van der Waals surface area contributed by atoms with Crippen LogP contribution in [0, 0.1) is 5.82 Å². The minimum atomic E-state index is -1.30. The molecule has 0 fully saturated rings. The smallest absolute Gasteiger partial charge is 0.419 e. The zero-order valence-electron chi connectivity index (χ0n) is 20.4. The van der Waals surface area contributed by atoms with Crippen LogP contribution in [0.2, 0.25) is 0 Å². The van der Waals surface area contributed by atoms with E-state index in [1.54, 1.807) is 26.2 Å². The molecule has 3 rings (SSSR count). The first kappa shape index (κ1) is 26.2. The van der Waals surface area contributed by atoms with Crippen molar-refractivity contribution in [3.63, 3.8) is 0 Å². The van der Waals surface area contributed by atoms with Gasteiger partial charge in [-0.3, -0.25) is 9.36 Å². The first-order chi connectivity index (χ1) is 15.7. The van der Waals surface area contributed by atoms with Crippen LogP contribution >= 0.6 is 11.3 Å². The summed E-state index contributed by atoms with van der Waals surface area (Å²) in [5.74, 6) is -0.920. The SMILES string of the molecule is CCC(NS(=O)C(C)(C)C)c1csc(C(=O)c2cn(C(=O)OC(C)(C)C)c3cc(F)ccc23)n1. The number of fused-ring (bicyclic) bond motifs is 1.